The number of halogens is 1. The second-order valence-electron chi connectivity index (χ2n) is 7.24. The van der Waals surface area contributed by atoms with E-state index in [1.165, 1.54) is 11.3 Å². The van der Waals surface area contributed by atoms with E-state index in [1.807, 2.05) is 57.2 Å². The number of nitrogens with one attached hydrogen (secondary N) is 3. The van der Waals surface area contributed by atoms with E-state index in [0.717, 1.165) is 17.5 Å². The van der Waals surface area contributed by atoms with E-state index < -0.39 is 12.1 Å². The fourth-order valence-electron chi connectivity index (χ4n) is 2.81. The van der Waals surface area contributed by atoms with Crippen molar-refractivity contribution in [2.24, 2.45) is 5.92 Å². The first-order valence-electron chi connectivity index (χ1n) is 9.90. The average molecular weight is 458 g/mol. The first-order valence-corrected chi connectivity index (χ1v) is 11.1. The summed E-state index contributed by atoms with van der Waals surface area (Å²) in [6.45, 7) is 5.85. The second kappa shape index (κ2) is 10.4. The van der Waals surface area contributed by atoms with E-state index in [1.54, 1.807) is 12.1 Å². The van der Waals surface area contributed by atoms with Gasteiger partial charge in [-0.15, -0.1) is 10.2 Å². The van der Waals surface area contributed by atoms with Crippen LogP contribution in [0.3, 0.4) is 0 Å². The number of nitrogens with zero attached hydrogens (tertiary/aromatic N) is 2. The lowest BCUT2D eigenvalue weighted by atomic mass is 9.98. The van der Waals surface area contributed by atoms with Gasteiger partial charge in [-0.25, -0.2) is 4.79 Å². The maximum Gasteiger partial charge on any atom is 0.319 e. The van der Waals surface area contributed by atoms with Crippen LogP contribution in [0.25, 0.3) is 10.6 Å². The Morgan fingerprint density at radius 1 is 1.03 bits per heavy atom. The van der Waals surface area contributed by atoms with Gasteiger partial charge in [0.25, 0.3) is 0 Å². The number of benzene rings is 2. The summed E-state index contributed by atoms with van der Waals surface area (Å²) in [4.78, 5) is 25.4. The molecule has 0 saturated carbocycles. The van der Waals surface area contributed by atoms with E-state index in [4.69, 9.17) is 11.6 Å². The standard InChI is InChI=1S/C22H24ClN5O2S/c1-4-14(3)18(25-21(30)24-17-11-5-13(2)6-12-17)19(29)26-22-28-27-20(31-22)15-7-9-16(23)10-8-15/h5-12,14,18H,4H2,1-3H3,(H2,24,25,30)(H,26,28,29). The maximum atomic E-state index is 12.9. The molecule has 3 aromatic rings. The van der Waals surface area contributed by atoms with Gasteiger partial charge < -0.3 is 10.6 Å². The Labute approximate surface area is 190 Å². The van der Waals surface area contributed by atoms with Gasteiger partial charge in [0, 0.05) is 16.3 Å². The number of hydrogen-bond donors (Lipinski definition) is 3. The van der Waals surface area contributed by atoms with Gasteiger partial charge in [0.1, 0.15) is 11.0 Å². The van der Waals surface area contributed by atoms with Crippen LogP contribution in [0.5, 0.6) is 0 Å². The van der Waals surface area contributed by atoms with E-state index in [2.05, 4.69) is 26.1 Å². The van der Waals surface area contributed by atoms with Crippen LogP contribution in [0.15, 0.2) is 48.5 Å². The van der Waals surface area contributed by atoms with Crippen LogP contribution in [0.2, 0.25) is 5.02 Å². The molecule has 3 N–H and O–H groups in total. The van der Waals surface area contributed by atoms with Gasteiger partial charge in [-0.05, 0) is 37.1 Å². The van der Waals surface area contributed by atoms with Crippen molar-refractivity contribution in [2.45, 2.75) is 33.2 Å². The summed E-state index contributed by atoms with van der Waals surface area (Å²) in [7, 11) is 0. The van der Waals surface area contributed by atoms with Gasteiger partial charge in [-0.2, -0.15) is 0 Å². The summed E-state index contributed by atoms with van der Waals surface area (Å²) in [6.07, 6.45) is 0.717. The highest BCUT2D eigenvalue weighted by Crippen LogP contribution is 2.27. The van der Waals surface area contributed by atoms with Crippen LogP contribution in [0.1, 0.15) is 25.8 Å². The molecule has 0 fully saturated rings. The fraction of sp³-hybridized carbons (Fsp3) is 0.273. The highest BCUT2D eigenvalue weighted by molar-refractivity contribution is 7.18. The van der Waals surface area contributed by atoms with Crippen molar-refractivity contribution in [1.29, 1.82) is 0 Å². The zero-order valence-electron chi connectivity index (χ0n) is 17.5. The quantitative estimate of drug-likeness (QED) is 0.446. The Morgan fingerprint density at radius 2 is 1.71 bits per heavy atom. The van der Waals surface area contributed by atoms with Crippen molar-refractivity contribution < 1.29 is 9.59 Å². The number of hydrogen-bond acceptors (Lipinski definition) is 5. The Kier molecular flexibility index (Phi) is 7.59. The van der Waals surface area contributed by atoms with Crippen LogP contribution in [-0.2, 0) is 4.79 Å². The third kappa shape index (κ3) is 6.26. The van der Waals surface area contributed by atoms with Gasteiger partial charge in [-0.3, -0.25) is 10.1 Å². The molecule has 0 aliphatic carbocycles. The van der Waals surface area contributed by atoms with E-state index in [9.17, 15) is 9.59 Å². The van der Waals surface area contributed by atoms with Crippen LogP contribution in [0, 0.1) is 12.8 Å². The first kappa shape index (κ1) is 22.7. The van der Waals surface area contributed by atoms with Crippen LogP contribution in [-0.4, -0.2) is 28.2 Å². The Morgan fingerprint density at radius 3 is 2.35 bits per heavy atom. The molecule has 3 amide bonds. The molecule has 0 radical (unpaired) electrons. The number of carbonyl (C=O) groups excluding carboxylic acids is 2. The Hall–Kier alpha value is -2.97. The molecule has 1 aromatic heterocycles. The molecule has 0 bridgehead atoms. The van der Waals surface area contributed by atoms with E-state index >= 15 is 0 Å². The van der Waals surface area contributed by atoms with Crippen molar-refractivity contribution >= 4 is 45.7 Å². The van der Waals surface area contributed by atoms with Crippen molar-refractivity contribution in [2.75, 3.05) is 10.6 Å². The summed E-state index contributed by atoms with van der Waals surface area (Å²) < 4.78 is 0. The summed E-state index contributed by atoms with van der Waals surface area (Å²) in [5, 5.41) is 18.2. The molecule has 0 spiro atoms. The minimum Gasteiger partial charge on any atom is -0.326 e. The molecule has 0 saturated heterocycles. The number of aryl methyl sites for hydroxylation is 1. The zero-order valence-corrected chi connectivity index (χ0v) is 19.1. The van der Waals surface area contributed by atoms with Crippen molar-refractivity contribution in [3.05, 3.63) is 59.1 Å². The monoisotopic (exact) mass is 457 g/mol. The number of anilines is 2. The first-order chi connectivity index (χ1) is 14.9. The zero-order chi connectivity index (χ0) is 22.4. The lowest BCUT2D eigenvalue weighted by molar-refractivity contribution is -0.119. The summed E-state index contributed by atoms with van der Waals surface area (Å²) >= 11 is 7.18. The average Bonchev–Trinajstić information content (AvgIpc) is 3.22. The smallest absolute Gasteiger partial charge is 0.319 e. The summed E-state index contributed by atoms with van der Waals surface area (Å²) in [5.74, 6) is -0.417. The highest BCUT2D eigenvalue weighted by atomic mass is 35.5. The Balaban J connectivity index is 1.66. The van der Waals surface area contributed by atoms with Crippen molar-refractivity contribution in [3.8, 4) is 10.6 Å². The molecule has 31 heavy (non-hydrogen) atoms. The minimum atomic E-state index is -0.724. The van der Waals surface area contributed by atoms with E-state index in [-0.39, 0.29) is 11.8 Å². The molecule has 0 aliphatic rings. The largest absolute Gasteiger partial charge is 0.326 e. The van der Waals surface area contributed by atoms with Crippen molar-refractivity contribution in [3.63, 3.8) is 0 Å². The normalized spacial score (nSPS) is 12.6. The molecule has 162 valence electrons. The van der Waals surface area contributed by atoms with Gasteiger partial charge in [0.05, 0.1) is 0 Å². The van der Waals surface area contributed by atoms with Crippen LogP contribution in [0.4, 0.5) is 15.6 Å². The summed E-state index contributed by atoms with van der Waals surface area (Å²) in [6, 6.07) is 13.5. The number of carbonyl (C=O) groups is 2. The molecule has 7 nitrogen and oxygen atoms in total. The molecule has 2 atom stereocenters. The molecular weight excluding hydrogens is 434 g/mol. The number of urea groups is 1. The topological polar surface area (TPSA) is 96.0 Å². The Bertz CT molecular complexity index is 1040. The summed E-state index contributed by atoms with van der Waals surface area (Å²) in [5.41, 5.74) is 2.61. The molecule has 3 rings (SSSR count). The molecule has 1 heterocycles. The van der Waals surface area contributed by atoms with Gasteiger partial charge in [0.2, 0.25) is 11.0 Å². The predicted octanol–water partition coefficient (Wildman–Crippen LogP) is 5.34. The fourth-order valence-corrected chi connectivity index (χ4v) is 3.69. The third-order valence-corrected chi connectivity index (χ3v) is 5.98. The molecule has 2 aromatic carbocycles. The van der Waals surface area contributed by atoms with Crippen LogP contribution >= 0.6 is 22.9 Å². The second-order valence-corrected chi connectivity index (χ2v) is 8.65. The number of rotatable bonds is 7. The molecular formula is C22H24ClN5O2S. The SMILES string of the molecule is CCC(C)C(NC(=O)Nc1ccc(C)cc1)C(=O)Nc1nnc(-c2ccc(Cl)cc2)s1. The maximum absolute atomic E-state index is 12.9. The highest BCUT2D eigenvalue weighted by Gasteiger charge is 2.27. The molecule has 2 unspecified atom stereocenters. The van der Waals surface area contributed by atoms with Gasteiger partial charge >= 0.3 is 6.03 Å². The lowest BCUT2D eigenvalue weighted by Gasteiger charge is -2.23. The predicted molar refractivity (Wildman–Crippen MR) is 126 cm³/mol. The van der Waals surface area contributed by atoms with E-state index in [0.29, 0.717) is 20.8 Å². The minimum absolute atomic E-state index is 0.0765. The van der Waals surface area contributed by atoms with Crippen LogP contribution < -0.4 is 16.0 Å². The van der Waals surface area contributed by atoms with Gasteiger partial charge in [-0.1, -0.05) is 73.0 Å². The molecule has 9 heteroatoms. The van der Waals surface area contributed by atoms with Crippen molar-refractivity contribution in [1.82, 2.24) is 15.5 Å². The molecule has 0 aliphatic heterocycles. The number of amides is 3. The third-order valence-electron chi connectivity index (χ3n) is 4.84. The lowest BCUT2D eigenvalue weighted by Crippen LogP contribution is -2.49. The van der Waals surface area contributed by atoms with Gasteiger partial charge in [0.15, 0.2) is 0 Å². The number of aromatic nitrogens is 2.